The van der Waals surface area contributed by atoms with E-state index >= 15 is 0 Å². The van der Waals surface area contributed by atoms with Crippen molar-refractivity contribution >= 4 is 0 Å². The van der Waals surface area contributed by atoms with Crippen LogP contribution in [0, 0.1) is 6.92 Å². The highest BCUT2D eigenvalue weighted by molar-refractivity contribution is 5.28. The number of nitrogens with one attached hydrogen (secondary N) is 1. The first-order valence-corrected chi connectivity index (χ1v) is 5.88. The Morgan fingerprint density at radius 2 is 1.94 bits per heavy atom. The van der Waals surface area contributed by atoms with Gasteiger partial charge in [-0.15, -0.1) is 0 Å². The summed E-state index contributed by atoms with van der Waals surface area (Å²) in [5.74, 6) is 0.819. The number of nitrogens with zero attached hydrogens (tertiary/aromatic N) is 2. The van der Waals surface area contributed by atoms with Crippen molar-refractivity contribution in [1.82, 2.24) is 15.3 Å². The van der Waals surface area contributed by atoms with E-state index in [0.29, 0.717) is 0 Å². The normalized spacial score (nSPS) is 12.4. The van der Waals surface area contributed by atoms with E-state index in [1.54, 1.807) is 12.4 Å². The van der Waals surface area contributed by atoms with Gasteiger partial charge in [0.2, 0.25) is 0 Å². The molecule has 17 heavy (non-hydrogen) atoms. The maximum Gasteiger partial charge on any atom is 0.149 e. The third kappa shape index (κ3) is 2.88. The van der Waals surface area contributed by atoms with Gasteiger partial charge in [0.25, 0.3) is 0 Å². The Hall–Kier alpha value is -1.74. The fourth-order valence-electron chi connectivity index (χ4n) is 1.87. The van der Waals surface area contributed by atoms with Gasteiger partial charge >= 0.3 is 0 Å². The summed E-state index contributed by atoms with van der Waals surface area (Å²) in [7, 11) is 0. The molecule has 0 bridgehead atoms. The van der Waals surface area contributed by atoms with Crippen LogP contribution in [0.2, 0.25) is 0 Å². The van der Waals surface area contributed by atoms with Crippen LogP contribution >= 0.6 is 0 Å². The molecule has 0 saturated carbocycles. The molecule has 0 aliphatic heterocycles. The van der Waals surface area contributed by atoms with E-state index in [2.05, 4.69) is 53.4 Å². The highest BCUT2D eigenvalue weighted by Gasteiger charge is 2.14. The van der Waals surface area contributed by atoms with Crippen LogP contribution in [-0.4, -0.2) is 16.5 Å². The van der Waals surface area contributed by atoms with Gasteiger partial charge in [-0.3, -0.25) is 0 Å². The minimum Gasteiger partial charge on any atom is -0.304 e. The summed E-state index contributed by atoms with van der Waals surface area (Å²) >= 11 is 0. The number of aryl methyl sites for hydroxylation is 1. The van der Waals surface area contributed by atoms with Gasteiger partial charge in [0, 0.05) is 12.4 Å². The van der Waals surface area contributed by atoms with Crippen LogP contribution in [-0.2, 0) is 0 Å². The molecule has 0 spiro atoms. The predicted molar refractivity (Wildman–Crippen MR) is 68.7 cm³/mol. The lowest BCUT2D eigenvalue weighted by molar-refractivity contribution is 0.597. The van der Waals surface area contributed by atoms with E-state index in [1.165, 1.54) is 11.1 Å². The third-order valence-corrected chi connectivity index (χ3v) is 2.63. The van der Waals surface area contributed by atoms with Crippen molar-refractivity contribution < 1.29 is 0 Å². The average molecular weight is 227 g/mol. The highest BCUT2D eigenvalue weighted by Crippen LogP contribution is 2.19. The summed E-state index contributed by atoms with van der Waals surface area (Å²) < 4.78 is 0. The van der Waals surface area contributed by atoms with E-state index in [9.17, 15) is 0 Å². The molecule has 1 aromatic carbocycles. The van der Waals surface area contributed by atoms with E-state index in [-0.39, 0.29) is 6.04 Å². The Balaban J connectivity index is 2.35. The quantitative estimate of drug-likeness (QED) is 0.872. The van der Waals surface area contributed by atoms with Gasteiger partial charge in [-0.1, -0.05) is 36.8 Å². The van der Waals surface area contributed by atoms with Crippen LogP contribution < -0.4 is 5.32 Å². The van der Waals surface area contributed by atoms with E-state index < -0.39 is 0 Å². The van der Waals surface area contributed by atoms with E-state index in [4.69, 9.17) is 0 Å². The number of benzene rings is 1. The molecule has 0 saturated heterocycles. The van der Waals surface area contributed by atoms with Gasteiger partial charge in [0.05, 0.1) is 6.04 Å². The summed E-state index contributed by atoms with van der Waals surface area (Å²) in [6, 6.07) is 10.3. The largest absolute Gasteiger partial charge is 0.304 e. The maximum absolute atomic E-state index is 4.33. The second kappa shape index (κ2) is 5.55. The van der Waals surface area contributed by atoms with Crippen LogP contribution in [0.1, 0.15) is 29.9 Å². The lowest BCUT2D eigenvalue weighted by Gasteiger charge is -2.17. The monoisotopic (exact) mass is 227 g/mol. The van der Waals surface area contributed by atoms with Crippen LogP contribution in [0.4, 0.5) is 0 Å². The van der Waals surface area contributed by atoms with Crippen molar-refractivity contribution in [3.05, 3.63) is 59.7 Å². The van der Waals surface area contributed by atoms with Crippen LogP contribution in [0.25, 0.3) is 0 Å². The van der Waals surface area contributed by atoms with Gasteiger partial charge < -0.3 is 5.32 Å². The minimum atomic E-state index is 0.0705. The summed E-state index contributed by atoms with van der Waals surface area (Å²) in [6.45, 7) is 5.07. The molecule has 1 N–H and O–H groups in total. The van der Waals surface area contributed by atoms with Crippen LogP contribution in [0.3, 0.4) is 0 Å². The minimum absolute atomic E-state index is 0.0705. The smallest absolute Gasteiger partial charge is 0.149 e. The zero-order valence-corrected chi connectivity index (χ0v) is 10.2. The molecule has 3 heteroatoms. The highest BCUT2D eigenvalue weighted by atomic mass is 15.0. The number of rotatable bonds is 4. The zero-order chi connectivity index (χ0) is 12.1. The molecular weight excluding hydrogens is 210 g/mol. The molecule has 1 heterocycles. The molecule has 2 aromatic rings. The van der Waals surface area contributed by atoms with E-state index in [1.807, 2.05) is 6.07 Å². The first kappa shape index (κ1) is 11.7. The van der Waals surface area contributed by atoms with Crippen LogP contribution in [0.5, 0.6) is 0 Å². The summed E-state index contributed by atoms with van der Waals surface area (Å²) in [5.41, 5.74) is 2.46. The standard InChI is InChI=1S/C14H17N3/c1-3-15-13(14-16-8-5-9-17-14)12-7-4-6-11(2)10-12/h4-10,13,15H,3H2,1-2H3. The Morgan fingerprint density at radius 3 is 2.59 bits per heavy atom. The first-order chi connectivity index (χ1) is 8.31. The molecule has 0 aliphatic carbocycles. The Labute approximate surface area is 102 Å². The average Bonchev–Trinajstić information content (AvgIpc) is 2.37. The van der Waals surface area contributed by atoms with Gasteiger partial charge in [-0.2, -0.15) is 0 Å². The Bertz CT molecular complexity index is 468. The lowest BCUT2D eigenvalue weighted by atomic mass is 10.0. The second-order valence-corrected chi connectivity index (χ2v) is 4.01. The van der Waals surface area contributed by atoms with Crippen molar-refractivity contribution in [2.24, 2.45) is 0 Å². The number of aromatic nitrogens is 2. The van der Waals surface area contributed by atoms with Crippen molar-refractivity contribution in [3.63, 3.8) is 0 Å². The molecule has 0 amide bonds. The molecule has 3 nitrogen and oxygen atoms in total. The molecule has 2 rings (SSSR count). The maximum atomic E-state index is 4.33. The second-order valence-electron chi connectivity index (χ2n) is 4.01. The Morgan fingerprint density at radius 1 is 1.18 bits per heavy atom. The number of hydrogen-bond donors (Lipinski definition) is 1. The fourth-order valence-corrected chi connectivity index (χ4v) is 1.87. The molecule has 88 valence electrons. The Kier molecular flexibility index (Phi) is 3.83. The molecule has 1 aromatic heterocycles. The van der Waals surface area contributed by atoms with Gasteiger partial charge in [0.1, 0.15) is 5.82 Å². The van der Waals surface area contributed by atoms with Gasteiger partial charge in [-0.25, -0.2) is 9.97 Å². The van der Waals surface area contributed by atoms with E-state index in [0.717, 1.165) is 12.4 Å². The topological polar surface area (TPSA) is 37.8 Å². The third-order valence-electron chi connectivity index (χ3n) is 2.63. The summed E-state index contributed by atoms with van der Waals surface area (Å²) in [6.07, 6.45) is 3.56. The molecule has 0 radical (unpaired) electrons. The lowest BCUT2D eigenvalue weighted by Crippen LogP contribution is -2.23. The van der Waals surface area contributed by atoms with Gasteiger partial charge in [0.15, 0.2) is 0 Å². The predicted octanol–water partition coefficient (Wildman–Crippen LogP) is 2.48. The van der Waals surface area contributed by atoms with Crippen molar-refractivity contribution in [2.75, 3.05) is 6.54 Å². The molecule has 0 aliphatic rings. The zero-order valence-electron chi connectivity index (χ0n) is 10.2. The first-order valence-electron chi connectivity index (χ1n) is 5.88. The SMILES string of the molecule is CCNC(c1cccc(C)c1)c1ncccn1. The number of hydrogen-bond acceptors (Lipinski definition) is 3. The molecule has 0 fully saturated rings. The fraction of sp³-hybridized carbons (Fsp3) is 0.286. The molecule has 1 unspecified atom stereocenters. The van der Waals surface area contributed by atoms with Crippen LogP contribution in [0.15, 0.2) is 42.7 Å². The van der Waals surface area contributed by atoms with Crippen molar-refractivity contribution in [3.8, 4) is 0 Å². The summed E-state index contributed by atoms with van der Waals surface area (Å²) in [4.78, 5) is 8.66. The molecular formula is C14H17N3. The van der Waals surface area contributed by atoms with Gasteiger partial charge in [-0.05, 0) is 25.1 Å². The van der Waals surface area contributed by atoms with Crippen molar-refractivity contribution in [2.45, 2.75) is 19.9 Å². The van der Waals surface area contributed by atoms with Crippen molar-refractivity contribution in [1.29, 1.82) is 0 Å². The summed E-state index contributed by atoms with van der Waals surface area (Å²) in [5, 5.41) is 3.42. The molecule has 1 atom stereocenters.